The molecule has 2 rings (SSSR count). The summed E-state index contributed by atoms with van der Waals surface area (Å²) in [5, 5.41) is 11.7. The van der Waals surface area contributed by atoms with Gasteiger partial charge in [-0.2, -0.15) is 5.26 Å². The lowest BCUT2D eigenvalue weighted by atomic mass is 10.2. The van der Waals surface area contributed by atoms with E-state index in [1.54, 1.807) is 31.2 Å². The molecule has 7 heteroatoms. The van der Waals surface area contributed by atoms with Gasteiger partial charge < -0.3 is 9.47 Å². The van der Waals surface area contributed by atoms with Crippen molar-refractivity contribution in [1.82, 2.24) is 0 Å². The molecule has 0 aliphatic heterocycles. The van der Waals surface area contributed by atoms with Gasteiger partial charge in [-0.3, -0.25) is 5.32 Å². The van der Waals surface area contributed by atoms with Crippen LogP contribution in [-0.4, -0.2) is 12.7 Å². The Morgan fingerprint density at radius 2 is 2.09 bits per heavy atom. The van der Waals surface area contributed by atoms with Crippen LogP contribution < -0.4 is 10.1 Å². The fraction of sp³-hybridized carbons (Fsp3) is 0.125. The molecule has 0 fully saturated rings. The molecule has 118 valence electrons. The second-order valence-electron chi connectivity index (χ2n) is 4.32. The molecule has 23 heavy (non-hydrogen) atoms. The van der Waals surface area contributed by atoms with Crippen molar-refractivity contribution in [2.75, 3.05) is 11.9 Å². The molecule has 0 spiro atoms. The monoisotopic (exact) mass is 334 g/mol. The van der Waals surface area contributed by atoms with Crippen molar-refractivity contribution in [1.29, 1.82) is 5.26 Å². The number of amides is 1. The number of nitrogens with zero attached hydrogens (tertiary/aromatic N) is 1. The molecule has 1 N–H and O–H groups in total. The number of halogens is 2. The van der Waals surface area contributed by atoms with Crippen molar-refractivity contribution in [3.63, 3.8) is 0 Å². The molecule has 0 saturated heterocycles. The maximum atomic E-state index is 13.9. The fourth-order valence-electron chi connectivity index (χ4n) is 1.74. The highest BCUT2D eigenvalue weighted by molar-refractivity contribution is 6.32. The molecule has 5 nitrogen and oxygen atoms in total. The summed E-state index contributed by atoms with van der Waals surface area (Å²) in [6.07, 6.45) is -0.806. The normalized spacial score (nSPS) is 9.83. The second kappa shape index (κ2) is 7.47. The minimum absolute atomic E-state index is 0.0307. The van der Waals surface area contributed by atoms with Gasteiger partial charge in [0.05, 0.1) is 22.9 Å². The van der Waals surface area contributed by atoms with Crippen LogP contribution in [0, 0.1) is 17.1 Å². The van der Waals surface area contributed by atoms with Crippen molar-refractivity contribution >= 4 is 23.4 Å². The van der Waals surface area contributed by atoms with E-state index in [1.807, 2.05) is 6.07 Å². The average Bonchev–Trinajstić information content (AvgIpc) is 2.52. The summed E-state index contributed by atoms with van der Waals surface area (Å²) in [7, 11) is 0. The Labute approximate surface area is 137 Å². The Kier molecular flexibility index (Phi) is 5.39. The highest BCUT2D eigenvalue weighted by atomic mass is 35.5. The van der Waals surface area contributed by atoms with E-state index in [2.05, 4.69) is 5.32 Å². The summed E-state index contributed by atoms with van der Waals surface area (Å²) in [4.78, 5) is 11.4. The first-order chi connectivity index (χ1) is 11.0. The first kappa shape index (κ1) is 16.6. The summed E-state index contributed by atoms with van der Waals surface area (Å²) in [6.45, 7) is 1.77. The van der Waals surface area contributed by atoms with Crippen molar-refractivity contribution in [2.45, 2.75) is 6.92 Å². The lowest BCUT2D eigenvalue weighted by Crippen LogP contribution is -2.14. The Balaban J connectivity index is 2.36. The maximum Gasteiger partial charge on any atom is 0.411 e. The molecule has 0 unspecified atom stereocenters. The second-order valence-corrected chi connectivity index (χ2v) is 4.73. The third-order valence-electron chi connectivity index (χ3n) is 2.76. The average molecular weight is 335 g/mol. The first-order valence-corrected chi connectivity index (χ1v) is 7.02. The van der Waals surface area contributed by atoms with Crippen LogP contribution in [0.1, 0.15) is 12.5 Å². The van der Waals surface area contributed by atoms with E-state index in [4.69, 9.17) is 26.3 Å². The number of para-hydroxylation sites is 1. The molecule has 0 radical (unpaired) electrons. The summed E-state index contributed by atoms with van der Waals surface area (Å²) in [5.41, 5.74) is -0.193. The number of hydrogen-bond acceptors (Lipinski definition) is 4. The Morgan fingerprint density at radius 1 is 1.35 bits per heavy atom. The predicted octanol–water partition coefficient (Wildman–Crippen LogP) is 4.71. The third-order valence-corrected chi connectivity index (χ3v) is 3.07. The van der Waals surface area contributed by atoms with Gasteiger partial charge in [-0.25, -0.2) is 9.18 Å². The van der Waals surface area contributed by atoms with E-state index >= 15 is 0 Å². The number of rotatable bonds is 4. The van der Waals surface area contributed by atoms with Gasteiger partial charge in [0, 0.05) is 6.07 Å². The summed E-state index contributed by atoms with van der Waals surface area (Å²) in [5.74, 6) is -0.408. The highest BCUT2D eigenvalue weighted by Gasteiger charge is 2.15. The van der Waals surface area contributed by atoms with Crippen LogP contribution in [0.3, 0.4) is 0 Å². The van der Waals surface area contributed by atoms with E-state index in [1.165, 1.54) is 6.07 Å². The van der Waals surface area contributed by atoms with Gasteiger partial charge in [0.1, 0.15) is 23.4 Å². The zero-order valence-corrected chi connectivity index (χ0v) is 12.9. The first-order valence-electron chi connectivity index (χ1n) is 6.65. The number of anilines is 1. The lowest BCUT2D eigenvalue weighted by molar-refractivity contribution is 0.168. The number of carbonyl (C=O) groups excluding carboxylic acids is 1. The van der Waals surface area contributed by atoms with Gasteiger partial charge >= 0.3 is 6.09 Å². The van der Waals surface area contributed by atoms with Crippen LogP contribution in [-0.2, 0) is 4.74 Å². The molecule has 0 heterocycles. The summed E-state index contributed by atoms with van der Waals surface area (Å²) in [6, 6.07) is 10.6. The quantitative estimate of drug-likeness (QED) is 0.878. The van der Waals surface area contributed by atoms with Crippen molar-refractivity contribution in [2.24, 2.45) is 0 Å². The molecule has 0 aliphatic carbocycles. The molecular weight excluding hydrogens is 323 g/mol. The minimum atomic E-state index is -0.806. The van der Waals surface area contributed by atoms with Gasteiger partial charge in [0.25, 0.3) is 0 Å². The summed E-state index contributed by atoms with van der Waals surface area (Å²) >= 11 is 5.99. The number of hydrogen-bond donors (Lipinski definition) is 1. The molecule has 0 saturated carbocycles. The van der Waals surface area contributed by atoms with Gasteiger partial charge in [0.15, 0.2) is 0 Å². The molecule has 0 aromatic heterocycles. The van der Waals surface area contributed by atoms with Gasteiger partial charge in [0.2, 0.25) is 0 Å². The number of carbonyl (C=O) groups is 1. The molecule has 2 aromatic rings. The number of nitrogens with one attached hydrogen (secondary N) is 1. The van der Waals surface area contributed by atoms with E-state index in [0.717, 1.165) is 6.07 Å². The Hall–Kier alpha value is -2.78. The van der Waals surface area contributed by atoms with Gasteiger partial charge in [-0.05, 0) is 25.1 Å². The molecule has 2 aromatic carbocycles. The molecule has 1 amide bonds. The van der Waals surface area contributed by atoms with Crippen LogP contribution in [0.25, 0.3) is 0 Å². The van der Waals surface area contributed by atoms with Crippen LogP contribution in [0.5, 0.6) is 11.5 Å². The third kappa shape index (κ3) is 4.11. The number of nitriles is 1. The maximum absolute atomic E-state index is 13.9. The molecular formula is C16H12ClFN2O3. The molecule has 0 bridgehead atoms. The SMILES string of the molecule is CCOC(=O)Nc1cc(Oc2ccccc2Cl)c(C#N)cc1F. The van der Waals surface area contributed by atoms with Crippen LogP contribution >= 0.6 is 11.6 Å². The number of ether oxygens (including phenoxy) is 2. The predicted molar refractivity (Wildman–Crippen MR) is 83.3 cm³/mol. The van der Waals surface area contributed by atoms with Crippen LogP contribution in [0.4, 0.5) is 14.9 Å². The van der Waals surface area contributed by atoms with Gasteiger partial charge in [-0.15, -0.1) is 0 Å². The Bertz CT molecular complexity index is 774. The topological polar surface area (TPSA) is 71.3 Å². The van der Waals surface area contributed by atoms with Gasteiger partial charge in [-0.1, -0.05) is 23.7 Å². The smallest absolute Gasteiger partial charge is 0.411 e. The van der Waals surface area contributed by atoms with Crippen molar-refractivity contribution in [3.05, 3.63) is 52.8 Å². The standard InChI is InChI=1S/C16H12ClFN2O3/c1-2-22-16(21)20-13-8-15(10(9-19)7-12(13)18)23-14-6-4-3-5-11(14)17/h3-8H,2H2,1H3,(H,20,21). The van der Waals surface area contributed by atoms with Crippen molar-refractivity contribution < 1.29 is 18.7 Å². The Morgan fingerprint density at radius 3 is 2.74 bits per heavy atom. The molecule has 0 aliphatic rings. The van der Waals surface area contributed by atoms with E-state index in [-0.39, 0.29) is 23.6 Å². The van der Waals surface area contributed by atoms with Crippen LogP contribution in [0.15, 0.2) is 36.4 Å². The zero-order valence-electron chi connectivity index (χ0n) is 12.1. The largest absolute Gasteiger partial charge is 0.454 e. The lowest BCUT2D eigenvalue weighted by Gasteiger charge is -2.12. The zero-order chi connectivity index (χ0) is 16.8. The van der Waals surface area contributed by atoms with E-state index in [0.29, 0.717) is 10.8 Å². The molecule has 0 atom stereocenters. The fourth-order valence-corrected chi connectivity index (χ4v) is 1.92. The van der Waals surface area contributed by atoms with Crippen molar-refractivity contribution in [3.8, 4) is 17.6 Å². The van der Waals surface area contributed by atoms with E-state index in [9.17, 15) is 9.18 Å². The summed E-state index contributed by atoms with van der Waals surface area (Å²) < 4.78 is 24.2. The minimum Gasteiger partial charge on any atom is -0.454 e. The van der Waals surface area contributed by atoms with E-state index < -0.39 is 11.9 Å². The number of benzene rings is 2. The van der Waals surface area contributed by atoms with Crippen LogP contribution in [0.2, 0.25) is 5.02 Å². The highest BCUT2D eigenvalue weighted by Crippen LogP contribution is 2.33.